The van der Waals surface area contributed by atoms with E-state index in [1.54, 1.807) is 27.5 Å². The van der Waals surface area contributed by atoms with Crippen molar-refractivity contribution in [1.82, 2.24) is 14.6 Å². The van der Waals surface area contributed by atoms with Crippen molar-refractivity contribution in [3.63, 3.8) is 0 Å². The minimum absolute atomic E-state index is 0.0704. The minimum atomic E-state index is 0.0704. The van der Waals surface area contributed by atoms with E-state index in [2.05, 4.69) is 4.98 Å². The first kappa shape index (κ1) is 21.2. The summed E-state index contributed by atoms with van der Waals surface area (Å²) in [5, 5.41) is 4.85. The smallest absolute Gasteiger partial charge is 0.166 e. The van der Waals surface area contributed by atoms with Gasteiger partial charge in [-0.3, -0.25) is 4.79 Å². The number of Topliss-reactive ketones (excluding diaryl/α,β-unsaturated/α-hetero) is 1. The zero-order chi connectivity index (χ0) is 22.9. The fraction of sp³-hybridized carbons (Fsp3) is 0.269. The van der Waals surface area contributed by atoms with E-state index in [1.807, 2.05) is 53.0 Å². The number of aromatic nitrogens is 3. The lowest BCUT2D eigenvalue weighted by atomic mass is 9.82. The monoisotopic (exact) mass is 443 g/mol. The van der Waals surface area contributed by atoms with Gasteiger partial charge in [-0.1, -0.05) is 24.3 Å². The molecular weight excluding hydrogens is 418 g/mol. The average Bonchev–Trinajstić information content (AvgIpc) is 3.23. The molecule has 1 aliphatic rings. The highest BCUT2D eigenvalue weighted by Crippen LogP contribution is 2.36. The van der Waals surface area contributed by atoms with Crippen LogP contribution < -0.4 is 9.47 Å². The number of carbonyl (C=O) groups excluding carboxylic acids is 1. The van der Waals surface area contributed by atoms with Crippen molar-refractivity contribution < 1.29 is 19.0 Å². The van der Waals surface area contributed by atoms with Crippen molar-refractivity contribution >= 4 is 11.4 Å². The van der Waals surface area contributed by atoms with Gasteiger partial charge in [0, 0.05) is 19.7 Å². The molecule has 0 bridgehead atoms. The summed E-state index contributed by atoms with van der Waals surface area (Å²) < 4.78 is 17.8. The molecule has 0 aliphatic heterocycles. The molecule has 0 radical (unpaired) electrons. The van der Waals surface area contributed by atoms with Gasteiger partial charge >= 0.3 is 0 Å². The first-order valence-electron chi connectivity index (χ1n) is 10.8. The molecule has 1 atom stereocenters. The second-order valence-corrected chi connectivity index (χ2v) is 8.14. The fourth-order valence-corrected chi connectivity index (χ4v) is 4.55. The summed E-state index contributed by atoms with van der Waals surface area (Å²) >= 11 is 0. The summed E-state index contributed by atoms with van der Waals surface area (Å²) in [6, 6.07) is 15.7. The van der Waals surface area contributed by atoms with Crippen molar-refractivity contribution in [3.8, 4) is 22.6 Å². The molecule has 2 aromatic heterocycles. The highest BCUT2D eigenvalue weighted by atomic mass is 16.5. The summed E-state index contributed by atoms with van der Waals surface area (Å²) in [6.45, 7) is 0.343. The maximum Gasteiger partial charge on any atom is 0.166 e. The first-order valence-corrected chi connectivity index (χ1v) is 10.8. The third-order valence-electron chi connectivity index (χ3n) is 6.23. The Morgan fingerprint density at radius 1 is 0.939 bits per heavy atom. The highest BCUT2D eigenvalue weighted by Gasteiger charge is 2.30. The van der Waals surface area contributed by atoms with Crippen LogP contribution in [0.15, 0.2) is 54.7 Å². The van der Waals surface area contributed by atoms with E-state index >= 15 is 0 Å². The summed E-state index contributed by atoms with van der Waals surface area (Å²) in [7, 11) is 4.94. The van der Waals surface area contributed by atoms with Crippen molar-refractivity contribution in [1.29, 1.82) is 0 Å². The zero-order valence-corrected chi connectivity index (χ0v) is 18.9. The summed E-state index contributed by atoms with van der Waals surface area (Å²) in [6.07, 6.45) is 2.84. The molecule has 7 heteroatoms. The second-order valence-electron chi connectivity index (χ2n) is 8.14. The fourth-order valence-electron chi connectivity index (χ4n) is 4.55. The predicted octanol–water partition coefficient (Wildman–Crippen LogP) is 4.47. The van der Waals surface area contributed by atoms with Crippen LogP contribution in [0.25, 0.3) is 16.8 Å². The van der Waals surface area contributed by atoms with Crippen LogP contribution in [0.1, 0.15) is 39.6 Å². The number of methoxy groups -OCH3 is 3. The van der Waals surface area contributed by atoms with Crippen molar-refractivity contribution in [2.24, 2.45) is 0 Å². The van der Waals surface area contributed by atoms with E-state index in [-0.39, 0.29) is 11.7 Å². The van der Waals surface area contributed by atoms with Gasteiger partial charge in [-0.2, -0.15) is 5.10 Å². The predicted molar refractivity (Wildman–Crippen MR) is 124 cm³/mol. The van der Waals surface area contributed by atoms with Crippen LogP contribution in [0.4, 0.5) is 0 Å². The van der Waals surface area contributed by atoms with Gasteiger partial charge in [0.2, 0.25) is 0 Å². The summed E-state index contributed by atoms with van der Waals surface area (Å²) in [5.74, 6) is 1.73. The van der Waals surface area contributed by atoms with E-state index < -0.39 is 0 Å². The van der Waals surface area contributed by atoms with Gasteiger partial charge in [-0.15, -0.1) is 0 Å². The lowest BCUT2D eigenvalue weighted by Crippen LogP contribution is -2.22. The standard InChI is InChI=1S/C26H25N3O4/c1-31-15-22-25(17-6-10-20(33-3)11-7-17)26-27-14-21-23(29(26)28-22)12-18(13-24(21)30)16-4-8-19(32-2)9-5-16/h4-11,14,18H,12-13,15H2,1-3H3/t18-/m1/s1. The molecule has 7 nitrogen and oxygen atoms in total. The largest absolute Gasteiger partial charge is 0.497 e. The normalized spacial score (nSPS) is 15.5. The van der Waals surface area contributed by atoms with Crippen LogP contribution >= 0.6 is 0 Å². The molecule has 2 aromatic carbocycles. The Hall–Kier alpha value is -3.71. The van der Waals surface area contributed by atoms with Crippen LogP contribution in [0.2, 0.25) is 0 Å². The number of nitrogens with zero attached hydrogens (tertiary/aromatic N) is 3. The molecule has 4 aromatic rings. The highest BCUT2D eigenvalue weighted by molar-refractivity contribution is 5.99. The Bertz CT molecular complexity index is 1310. The molecule has 5 rings (SSSR count). The summed E-state index contributed by atoms with van der Waals surface area (Å²) in [4.78, 5) is 17.7. The number of benzene rings is 2. The van der Waals surface area contributed by atoms with E-state index in [0.717, 1.165) is 39.6 Å². The number of rotatable bonds is 6. The quantitative estimate of drug-likeness (QED) is 0.438. The Labute approximate surface area is 191 Å². The number of carbonyl (C=O) groups is 1. The molecule has 0 amide bonds. The van der Waals surface area contributed by atoms with Crippen LogP contribution in [0.5, 0.6) is 11.5 Å². The van der Waals surface area contributed by atoms with Crippen molar-refractivity contribution in [3.05, 3.63) is 77.2 Å². The van der Waals surface area contributed by atoms with Crippen molar-refractivity contribution in [2.45, 2.75) is 25.4 Å². The molecule has 0 fully saturated rings. The molecular formula is C26H25N3O4. The topological polar surface area (TPSA) is 75.0 Å². The van der Waals surface area contributed by atoms with Gasteiger partial charge in [0.15, 0.2) is 11.4 Å². The first-order chi connectivity index (χ1) is 16.1. The number of ether oxygens (including phenoxy) is 3. The molecule has 33 heavy (non-hydrogen) atoms. The van der Waals surface area contributed by atoms with Crippen LogP contribution in [-0.4, -0.2) is 41.7 Å². The Morgan fingerprint density at radius 2 is 1.61 bits per heavy atom. The molecule has 2 heterocycles. The molecule has 0 N–H and O–H groups in total. The number of ketones is 1. The van der Waals surface area contributed by atoms with E-state index in [4.69, 9.17) is 19.3 Å². The van der Waals surface area contributed by atoms with Crippen LogP contribution in [-0.2, 0) is 17.8 Å². The number of hydrogen-bond donors (Lipinski definition) is 0. The van der Waals surface area contributed by atoms with Gasteiger partial charge in [-0.25, -0.2) is 9.50 Å². The maximum atomic E-state index is 13.0. The average molecular weight is 444 g/mol. The Balaban J connectivity index is 1.62. The third kappa shape index (κ3) is 3.74. The van der Waals surface area contributed by atoms with Crippen molar-refractivity contribution in [2.75, 3.05) is 21.3 Å². The van der Waals surface area contributed by atoms with Gasteiger partial charge in [0.1, 0.15) is 11.5 Å². The molecule has 0 saturated heterocycles. The third-order valence-corrected chi connectivity index (χ3v) is 6.23. The maximum absolute atomic E-state index is 13.0. The lowest BCUT2D eigenvalue weighted by Gasteiger charge is -2.24. The van der Waals surface area contributed by atoms with Gasteiger partial charge < -0.3 is 14.2 Å². The molecule has 0 unspecified atom stereocenters. The SMILES string of the molecule is COCc1nn2c3c(cnc2c1-c1ccc(OC)cc1)C(=O)C[C@H](c1ccc(OC)cc1)C3. The van der Waals surface area contributed by atoms with Crippen LogP contribution in [0.3, 0.4) is 0 Å². The molecule has 0 spiro atoms. The Morgan fingerprint density at radius 3 is 2.24 bits per heavy atom. The minimum Gasteiger partial charge on any atom is -0.497 e. The van der Waals surface area contributed by atoms with E-state index in [1.165, 1.54) is 0 Å². The Kier molecular flexibility index (Phi) is 5.56. The zero-order valence-electron chi connectivity index (χ0n) is 18.9. The van der Waals surface area contributed by atoms with Gasteiger partial charge in [-0.05, 0) is 47.7 Å². The van der Waals surface area contributed by atoms with Gasteiger partial charge in [0.25, 0.3) is 0 Å². The lowest BCUT2D eigenvalue weighted by molar-refractivity contribution is 0.0962. The number of fused-ring (bicyclic) bond motifs is 3. The molecule has 168 valence electrons. The van der Waals surface area contributed by atoms with E-state index in [9.17, 15) is 4.79 Å². The molecule has 0 saturated carbocycles. The number of hydrogen-bond acceptors (Lipinski definition) is 6. The van der Waals surface area contributed by atoms with Crippen LogP contribution in [0, 0.1) is 0 Å². The van der Waals surface area contributed by atoms with Gasteiger partial charge in [0.05, 0.1) is 43.3 Å². The summed E-state index contributed by atoms with van der Waals surface area (Å²) in [5.41, 5.74) is 6.01. The van der Waals surface area contributed by atoms with E-state index in [0.29, 0.717) is 30.7 Å². The second kappa shape index (κ2) is 8.67. The molecule has 1 aliphatic carbocycles.